The molecular formula is C26H30N2O3. The van der Waals surface area contributed by atoms with Crippen molar-refractivity contribution in [3.8, 4) is 0 Å². The Morgan fingerprint density at radius 2 is 1.84 bits per heavy atom. The molecule has 0 bridgehead atoms. The van der Waals surface area contributed by atoms with Crippen molar-refractivity contribution in [2.45, 2.75) is 51.2 Å². The highest BCUT2D eigenvalue weighted by Gasteiger charge is 2.42. The molecule has 5 heteroatoms. The van der Waals surface area contributed by atoms with Gasteiger partial charge in [0.1, 0.15) is 12.6 Å². The first-order valence-corrected chi connectivity index (χ1v) is 11.2. The van der Waals surface area contributed by atoms with Crippen molar-refractivity contribution in [3.63, 3.8) is 0 Å². The van der Waals surface area contributed by atoms with Gasteiger partial charge in [-0.3, -0.25) is 9.59 Å². The lowest BCUT2D eigenvalue weighted by Crippen LogP contribution is -2.57. The van der Waals surface area contributed by atoms with Crippen LogP contribution in [0.25, 0.3) is 6.08 Å². The summed E-state index contributed by atoms with van der Waals surface area (Å²) >= 11 is 0. The smallest absolute Gasteiger partial charge is 0.289 e. The topological polar surface area (TPSA) is 58.6 Å². The molecule has 0 radical (unpaired) electrons. The Kier molecular flexibility index (Phi) is 6.70. The molecule has 1 saturated carbocycles. The molecule has 2 atom stereocenters. The van der Waals surface area contributed by atoms with Gasteiger partial charge in [-0.1, -0.05) is 66.6 Å². The standard InChI is InChI=1S/C26H30N2O3/c1-19-11-13-20(14-12-19)15-16-27-25(29)18-28-22-9-5-6-10-23(22)31-24(26(28)30)17-21-7-3-2-4-8-21/h2-4,7-8,11-14,17,22-23H,5-6,9-10,15-16,18H2,1H3,(H,27,29)/b24-17+. The molecule has 1 N–H and O–H groups in total. The quantitative estimate of drug-likeness (QED) is 0.725. The highest BCUT2D eigenvalue weighted by molar-refractivity contribution is 5.98. The molecule has 2 amide bonds. The summed E-state index contributed by atoms with van der Waals surface area (Å²) in [4.78, 5) is 27.6. The number of amides is 2. The van der Waals surface area contributed by atoms with Crippen molar-refractivity contribution in [1.29, 1.82) is 0 Å². The minimum absolute atomic E-state index is 0.0305. The molecule has 1 saturated heterocycles. The summed E-state index contributed by atoms with van der Waals surface area (Å²) in [5.41, 5.74) is 3.33. The first-order chi connectivity index (χ1) is 15.1. The van der Waals surface area contributed by atoms with Gasteiger partial charge in [0.2, 0.25) is 5.91 Å². The minimum Gasteiger partial charge on any atom is -0.482 e. The second-order valence-corrected chi connectivity index (χ2v) is 8.45. The zero-order valence-electron chi connectivity index (χ0n) is 18.0. The summed E-state index contributed by atoms with van der Waals surface area (Å²) in [5.74, 6) is 0.0215. The van der Waals surface area contributed by atoms with E-state index in [2.05, 4.69) is 36.5 Å². The van der Waals surface area contributed by atoms with Crippen molar-refractivity contribution >= 4 is 17.9 Å². The van der Waals surface area contributed by atoms with E-state index >= 15 is 0 Å². The Bertz CT molecular complexity index is 937. The lowest BCUT2D eigenvalue weighted by molar-refractivity contribution is -0.151. The molecule has 2 aliphatic rings. The maximum atomic E-state index is 13.2. The van der Waals surface area contributed by atoms with Crippen molar-refractivity contribution < 1.29 is 14.3 Å². The molecule has 1 heterocycles. The van der Waals surface area contributed by atoms with Gasteiger partial charge < -0.3 is 15.0 Å². The van der Waals surface area contributed by atoms with Gasteiger partial charge >= 0.3 is 0 Å². The lowest BCUT2D eigenvalue weighted by Gasteiger charge is -2.44. The van der Waals surface area contributed by atoms with Crippen LogP contribution in [0.3, 0.4) is 0 Å². The zero-order valence-corrected chi connectivity index (χ0v) is 18.0. The summed E-state index contributed by atoms with van der Waals surface area (Å²) in [5, 5.41) is 2.98. The van der Waals surface area contributed by atoms with E-state index in [1.165, 1.54) is 11.1 Å². The monoisotopic (exact) mass is 418 g/mol. The normalized spacial score (nSPS) is 22.0. The van der Waals surface area contributed by atoms with Crippen molar-refractivity contribution in [3.05, 3.63) is 77.0 Å². The number of ether oxygens (including phenoxy) is 1. The number of benzene rings is 2. The zero-order chi connectivity index (χ0) is 21.6. The van der Waals surface area contributed by atoms with Gasteiger partial charge in [0.25, 0.3) is 5.91 Å². The number of fused-ring (bicyclic) bond motifs is 1. The van der Waals surface area contributed by atoms with E-state index < -0.39 is 0 Å². The van der Waals surface area contributed by atoms with Gasteiger partial charge in [-0.25, -0.2) is 0 Å². The Balaban J connectivity index is 1.41. The molecule has 2 unspecified atom stereocenters. The Morgan fingerprint density at radius 3 is 2.61 bits per heavy atom. The molecule has 5 nitrogen and oxygen atoms in total. The maximum absolute atomic E-state index is 13.2. The average molecular weight is 419 g/mol. The summed E-state index contributed by atoms with van der Waals surface area (Å²) in [6.07, 6.45) is 6.46. The third-order valence-electron chi connectivity index (χ3n) is 6.09. The fourth-order valence-corrected chi connectivity index (χ4v) is 4.37. The van der Waals surface area contributed by atoms with Crippen LogP contribution in [0.2, 0.25) is 0 Å². The number of carbonyl (C=O) groups is 2. The third-order valence-corrected chi connectivity index (χ3v) is 6.09. The predicted molar refractivity (Wildman–Crippen MR) is 121 cm³/mol. The van der Waals surface area contributed by atoms with Gasteiger partial charge in [-0.2, -0.15) is 0 Å². The van der Waals surface area contributed by atoms with Crippen LogP contribution in [0.15, 0.2) is 60.4 Å². The van der Waals surface area contributed by atoms with E-state index in [0.29, 0.717) is 12.3 Å². The van der Waals surface area contributed by atoms with E-state index in [1.807, 2.05) is 30.3 Å². The number of carbonyl (C=O) groups excluding carboxylic acids is 2. The molecule has 1 aliphatic carbocycles. The summed E-state index contributed by atoms with van der Waals surface area (Å²) in [6, 6.07) is 18.0. The molecule has 4 rings (SSSR count). The second kappa shape index (κ2) is 9.82. The fraction of sp³-hybridized carbons (Fsp3) is 0.385. The molecule has 0 aromatic heterocycles. The average Bonchev–Trinajstić information content (AvgIpc) is 2.79. The van der Waals surface area contributed by atoms with Crippen molar-refractivity contribution in [2.24, 2.45) is 0 Å². The molecule has 2 aromatic carbocycles. The van der Waals surface area contributed by atoms with E-state index in [9.17, 15) is 9.59 Å². The molecule has 0 spiro atoms. The molecule has 162 valence electrons. The largest absolute Gasteiger partial charge is 0.482 e. The number of aryl methyl sites for hydroxylation is 1. The van der Waals surface area contributed by atoms with Gasteiger partial charge in [-0.15, -0.1) is 0 Å². The van der Waals surface area contributed by atoms with Gasteiger partial charge in [0, 0.05) is 6.54 Å². The Labute approximate surface area is 184 Å². The number of hydrogen-bond acceptors (Lipinski definition) is 3. The number of hydrogen-bond donors (Lipinski definition) is 1. The fourth-order valence-electron chi connectivity index (χ4n) is 4.37. The minimum atomic E-state index is -0.194. The van der Waals surface area contributed by atoms with Crippen LogP contribution in [0.5, 0.6) is 0 Å². The Hall–Kier alpha value is -3.08. The van der Waals surface area contributed by atoms with Gasteiger partial charge in [0.05, 0.1) is 6.04 Å². The highest BCUT2D eigenvalue weighted by Crippen LogP contribution is 2.33. The number of morpholine rings is 1. The predicted octanol–water partition coefficient (Wildman–Crippen LogP) is 3.86. The van der Waals surface area contributed by atoms with Crippen LogP contribution >= 0.6 is 0 Å². The van der Waals surface area contributed by atoms with E-state index in [4.69, 9.17) is 4.74 Å². The van der Waals surface area contributed by atoms with Gasteiger partial charge in [-0.05, 0) is 49.8 Å². The maximum Gasteiger partial charge on any atom is 0.289 e. The van der Waals surface area contributed by atoms with E-state index in [-0.39, 0.29) is 30.5 Å². The molecular weight excluding hydrogens is 388 g/mol. The van der Waals surface area contributed by atoms with Crippen LogP contribution in [-0.4, -0.2) is 41.9 Å². The summed E-state index contributed by atoms with van der Waals surface area (Å²) in [7, 11) is 0. The van der Waals surface area contributed by atoms with Crippen LogP contribution in [0.1, 0.15) is 42.4 Å². The van der Waals surface area contributed by atoms with Crippen molar-refractivity contribution in [1.82, 2.24) is 10.2 Å². The molecule has 2 fully saturated rings. The summed E-state index contributed by atoms with van der Waals surface area (Å²) in [6.45, 7) is 2.69. The first kappa shape index (κ1) is 21.2. The van der Waals surface area contributed by atoms with E-state index in [0.717, 1.165) is 37.7 Å². The van der Waals surface area contributed by atoms with Gasteiger partial charge in [0.15, 0.2) is 5.76 Å². The number of nitrogens with one attached hydrogen (secondary N) is 1. The van der Waals surface area contributed by atoms with Crippen molar-refractivity contribution in [2.75, 3.05) is 13.1 Å². The molecule has 2 aromatic rings. The van der Waals surface area contributed by atoms with Crippen LogP contribution < -0.4 is 5.32 Å². The van der Waals surface area contributed by atoms with Crippen LogP contribution in [0, 0.1) is 6.92 Å². The third kappa shape index (κ3) is 5.35. The lowest BCUT2D eigenvalue weighted by atomic mass is 9.89. The summed E-state index contributed by atoms with van der Waals surface area (Å²) < 4.78 is 6.11. The van der Waals surface area contributed by atoms with Crippen LogP contribution in [-0.2, 0) is 20.7 Å². The molecule has 31 heavy (non-hydrogen) atoms. The first-order valence-electron chi connectivity index (χ1n) is 11.2. The highest BCUT2D eigenvalue weighted by atomic mass is 16.5. The number of rotatable bonds is 6. The van der Waals surface area contributed by atoms with E-state index in [1.54, 1.807) is 11.0 Å². The number of nitrogens with zero attached hydrogens (tertiary/aromatic N) is 1. The SMILES string of the molecule is Cc1ccc(CCNC(=O)CN2C(=O)/C(=C\c3ccccc3)OC3CCCCC32)cc1. The Morgan fingerprint density at radius 1 is 1.10 bits per heavy atom. The second-order valence-electron chi connectivity index (χ2n) is 8.45. The molecule has 1 aliphatic heterocycles. The van der Waals surface area contributed by atoms with Crippen LogP contribution in [0.4, 0.5) is 0 Å².